The molecule has 1 aliphatic rings. The molecule has 102 valence electrons. The van der Waals surface area contributed by atoms with Gasteiger partial charge in [-0.3, -0.25) is 4.90 Å². The van der Waals surface area contributed by atoms with Crippen LogP contribution in [0.1, 0.15) is 20.3 Å². The average Bonchev–Trinajstić information content (AvgIpc) is 2.22. The van der Waals surface area contributed by atoms with Crippen LogP contribution in [-0.4, -0.2) is 68.3 Å². The van der Waals surface area contributed by atoms with E-state index in [1.165, 1.54) is 0 Å². The third kappa shape index (κ3) is 5.33. The van der Waals surface area contributed by atoms with Gasteiger partial charge in [-0.2, -0.15) is 0 Å². The molecule has 1 fully saturated rings. The van der Waals surface area contributed by atoms with Crippen molar-refractivity contribution in [1.82, 2.24) is 10.2 Å². The molecule has 2 unspecified atom stereocenters. The van der Waals surface area contributed by atoms with E-state index in [0.717, 1.165) is 13.0 Å². The Morgan fingerprint density at radius 3 is 2.82 bits per heavy atom. The van der Waals surface area contributed by atoms with E-state index in [1.54, 1.807) is 0 Å². The standard InChI is InChI=1S/C11H24N2O3S/c1-3-4-12-7-11(14)8-13-5-6-17(15,16)9-10(13)2/h10-12,14H,3-9H2,1-2H3. The molecule has 2 atom stereocenters. The lowest BCUT2D eigenvalue weighted by Gasteiger charge is -2.34. The number of aliphatic hydroxyl groups is 1. The molecule has 0 bridgehead atoms. The van der Waals surface area contributed by atoms with Crippen molar-refractivity contribution in [2.75, 3.05) is 37.7 Å². The minimum absolute atomic E-state index is 0.00887. The first-order chi connectivity index (χ1) is 7.94. The summed E-state index contributed by atoms with van der Waals surface area (Å²) in [7, 11) is -2.86. The van der Waals surface area contributed by atoms with Gasteiger partial charge in [0, 0.05) is 25.7 Å². The highest BCUT2D eigenvalue weighted by atomic mass is 32.2. The van der Waals surface area contributed by atoms with E-state index >= 15 is 0 Å². The summed E-state index contributed by atoms with van der Waals surface area (Å²) in [6, 6.07) is 0.00887. The molecule has 0 saturated carbocycles. The van der Waals surface area contributed by atoms with Crippen molar-refractivity contribution >= 4 is 9.84 Å². The number of β-amino-alcohol motifs (C(OH)–C–C–N with tert-alkyl or cyclic N) is 1. The zero-order valence-electron chi connectivity index (χ0n) is 10.7. The van der Waals surface area contributed by atoms with Gasteiger partial charge >= 0.3 is 0 Å². The van der Waals surface area contributed by atoms with Crippen LogP contribution < -0.4 is 5.32 Å². The van der Waals surface area contributed by atoms with E-state index in [4.69, 9.17) is 0 Å². The smallest absolute Gasteiger partial charge is 0.153 e. The second-order valence-corrected chi connectivity index (χ2v) is 7.04. The Bertz CT molecular complexity index is 319. The van der Waals surface area contributed by atoms with E-state index in [2.05, 4.69) is 17.1 Å². The number of nitrogens with zero attached hydrogens (tertiary/aromatic N) is 1. The van der Waals surface area contributed by atoms with Crippen LogP contribution in [0.5, 0.6) is 0 Å². The van der Waals surface area contributed by atoms with Gasteiger partial charge in [-0.05, 0) is 19.9 Å². The monoisotopic (exact) mass is 264 g/mol. The normalized spacial score (nSPS) is 26.9. The zero-order chi connectivity index (χ0) is 12.9. The summed E-state index contributed by atoms with van der Waals surface area (Å²) in [5, 5.41) is 13.0. The van der Waals surface area contributed by atoms with Gasteiger partial charge in [0.15, 0.2) is 9.84 Å². The van der Waals surface area contributed by atoms with Gasteiger partial charge in [-0.15, -0.1) is 0 Å². The maximum atomic E-state index is 11.4. The average molecular weight is 264 g/mol. The first-order valence-electron chi connectivity index (χ1n) is 6.28. The first-order valence-corrected chi connectivity index (χ1v) is 8.10. The van der Waals surface area contributed by atoms with Crippen molar-refractivity contribution in [2.45, 2.75) is 32.4 Å². The van der Waals surface area contributed by atoms with E-state index in [9.17, 15) is 13.5 Å². The molecular weight excluding hydrogens is 240 g/mol. The Morgan fingerprint density at radius 2 is 2.24 bits per heavy atom. The van der Waals surface area contributed by atoms with Crippen molar-refractivity contribution in [3.63, 3.8) is 0 Å². The Morgan fingerprint density at radius 1 is 1.53 bits per heavy atom. The number of hydrogen-bond donors (Lipinski definition) is 2. The van der Waals surface area contributed by atoms with Gasteiger partial charge in [0.05, 0.1) is 17.6 Å². The highest BCUT2D eigenvalue weighted by Gasteiger charge is 2.28. The molecule has 0 aromatic carbocycles. The van der Waals surface area contributed by atoms with Crippen molar-refractivity contribution in [2.24, 2.45) is 0 Å². The van der Waals surface area contributed by atoms with Gasteiger partial charge < -0.3 is 10.4 Å². The van der Waals surface area contributed by atoms with E-state index in [0.29, 0.717) is 19.6 Å². The van der Waals surface area contributed by atoms with Gasteiger partial charge in [0.1, 0.15) is 0 Å². The predicted octanol–water partition coefficient (Wildman–Crippen LogP) is -0.534. The number of nitrogens with one attached hydrogen (secondary N) is 1. The molecule has 0 amide bonds. The SMILES string of the molecule is CCCNCC(O)CN1CCS(=O)(=O)CC1C. The molecule has 1 heterocycles. The Hall–Kier alpha value is -0.170. The Kier molecular flexibility index (Phi) is 5.85. The Labute approximate surface area is 104 Å². The van der Waals surface area contributed by atoms with Crippen LogP contribution in [0, 0.1) is 0 Å². The summed E-state index contributed by atoms with van der Waals surface area (Å²) >= 11 is 0. The molecule has 0 spiro atoms. The molecule has 1 rings (SSSR count). The number of rotatable bonds is 6. The number of hydrogen-bond acceptors (Lipinski definition) is 5. The minimum atomic E-state index is -2.86. The fourth-order valence-electron chi connectivity index (χ4n) is 2.08. The molecule has 0 aromatic rings. The van der Waals surface area contributed by atoms with Crippen LogP contribution in [0.25, 0.3) is 0 Å². The van der Waals surface area contributed by atoms with Crippen LogP contribution in [0.2, 0.25) is 0 Å². The van der Waals surface area contributed by atoms with Crippen molar-refractivity contribution in [3.8, 4) is 0 Å². The van der Waals surface area contributed by atoms with Gasteiger partial charge in [-0.25, -0.2) is 8.42 Å². The molecule has 1 saturated heterocycles. The van der Waals surface area contributed by atoms with Crippen LogP contribution in [0.3, 0.4) is 0 Å². The predicted molar refractivity (Wildman–Crippen MR) is 68.9 cm³/mol. The van der Waals surface area contributed by atoms with Crippen molar-refractivity contribution in [1.29, 1.82) is 0 Å². The molecule has 0 radical (unpaired) electrons. The highest BCUT2D eigenvalue weighted by Crippen LogP contribution is 2.11. The molecular formula is C11H24N2O3S. The highest BCUT2D eigenvalue weighted by molar-refractivity contribution is 7.91. The van der Waals surface area contributed by atoms with Crippen LogP contribution in [0.4, 0.5) is 0 Å². The van der Waals surface area contributed by atoms with Crippen LogP contribution in [0.15, 0.2) is 0 Å². The lowest BCUT2D eigenvalue weighted by Crippen LogP contribution is -2.50. The van der Waals surface area contributed by atoms with Crippen LogP contribution >= 0.6 is 0 Å². The zero-order valence-corrected chi connectivity index (χ0v) is 11.5. The molecule has 0 aromatic heterocycles. The van der Waals surface area contributed by atoms with E-state index in [1.807, 2.05) is 6.92 Å². The summed E-state index contributed by atoms with van der Waals surface area (Å²) in [5.74, 6) is 0.425. The fourth-order valence-corrected chi connectivity index (χ4v) is 3.71. The first kappa shape index (κ1) is 14.9. The topological polar surface area (TPSA) is 69.6 Å². The molecule has 1 aliphatic heterocycles. The maximum absolute atomic E-state index is 11.4. The minimum Gasteiger partial charge on any atom is -0.390 e. The number of sulfone groups is 1. The maximum Gasteiger partial charge on any atom is 0.153 e. The third-order valence-electron chi connectivity index (χ3n) is 3.06. The summed E-state index contributed by atoms with van der Waals surface area (Å²) in [4.78, 5) is 2.05. The second kappa shape index (κ2) is 6.68. The number of aliphatic hydroxyl groups excluding tert-OH is 1. The van der Waals surface area contributed by atoms with Crippen molar-refractivity contribution in [3.05, 3.63) is 0 Å². The largest absolute Gasteiger partial charge is 0.390 e. The van der Waals surface area contributed by atoms with Gasteiger partial charge in [0.2, 0.25) is 0 Å². The fraction of sp³-hybridized carbons (Fsp3) is 1.00. The van der Waals surface area contributed by atoms with Crippen molar-refractivity contribution < 1.29 is 13.5 Å². The summed E-state index contributed by atoms with van der Waals surface area (Å²) in [5.41, 5.74) is 0. The van der Waals surface area contributed by atoms with Gasteiger partial charge in [0.25, 0.3) is 0 Å². The second-order valence-electron chi connectivity index (χ2n) is 4.82. The lowest BCUT2D eigenvalue weighted by atomic mass is 10.2. The molecule has 17 heavy (non-hydrogen) atoms. The Balaban J connectivity index is 2.32. The van der Waals surface area contributed by atoms with Crippen LogP contribution in [-0.2, 0) is 9.84 Å². The third-order valence-corrected chi connectivity index (χ3v) is 4.85. The molecule has 5 nitrogen and oxygen atoms in total. The molecule has 6 heteroatoms. The summed E-state index contributed by atoms with van der Waals surface area (Å²) in [6.07, 6.45) is 0.621. The summed E-state index contributed by atoms with van der Waals surface area (Å²) < 4.78 is 22.8. The summed E-state index contributed by atoms with van der Waals surface area (Å²) in [6.45, 7) is 6.55. The molecule has 0 aliphatic carbocycles. The quantitative estimate of drug-likeness (QED) is 0.631. The van der Waals surface area contributed by atoms with E-state index < -0.39 is 15.9 Å². The van der Waals surface area contributed by atoms with E-state index in [-0.39, 0.29) is 17.5 Å². The lowest BCUT2D eigenvalue weighted by molar-refractivity contribution is 0.0965. The van der Waals surface area contributed by atoms with Gasteiger partial charge in [-0.1, -0.05) is 6.92 Å². The molecule has 2 N–H and O–H groups in total.